The maximum Gasteiger partial charge on any atom is 0.0858 e. The molecule has 0 saturated heterocycles. The Labute approximate surface area is 203 Å². The Morgan fingerprint density at radius 1 is 0.485 bits per heavy atom. The summed E-state index contributed by atoms with van der Waals surface area (Å²) in [6.07, 6.45) is 22.6. The summed E-state index contributed by atoms with van der Waals surface area (Å²) in [5.74, 6) is 0. The largest absolute Gasteiger partial charge is 0.385 e. The lowest BCUT2D eigenvalue weighted by Crippen LogP contribution is -2.00. The highest BCUT2D eigenvalue weighted by molar-refractivity contribution is 5.51. The van der Waals surface area contributed by atoms with Gasteiger partial charge in [-0.15, -0.1) is 0 Å². The van der Waals surface area contributed by atoms with Crippen molar-refractivity contribution in [2.45, 2.75) is 110 Å². The molecule has 3 heteroatoms. The van der Waals surface area contributed by atoms with Crippen LogP contribution in [0.25, 0.3) is 0 Å². The number of rotatable bonds is 20. The summed E-state index contributed by atoms with van der Waals surface area (Å²) in [5, 5.41) is 12.1. The monoisotopic (exact) mass is 449 g/mol. The van der Waals surface area contributed by atoms with E-state index in [0.29, 0.717) is 0 Å². The fourth-order valence-electron chi connectivity index (χ4n) is 4.16. The van der Waals surface area contributed by atoms with Crippen LogP contribution in [0.4, 0.5) is 17.1 Å². The van der Waals surface area contributed by atoms with Crippen molar-refractivity contribution in [3.8, 4) is 0 Å². The van der Waals surface area contributed by atoms with Gasteiger partial charge in [-0.2, -0.15) is 10.2 Å². The molecule has 0 spiro atoms. The van der Waals surface area contributed by atoms with Crippen molar-refractivity contribution in [3.63, 3.8) is 0 Å². The van der Waals surface area contributed by atoms with Crippen LogP contribution in [0.2, 0.25) is 0 Å². The second-order valence-electron chi connectivity index (χ2n) is 9.31. The molecule has 0 aromatic heterocycles. The van der Waals surface area contributed by atoms with E-state index in [0.717, 1.165) is 23.6 Å². The molecular formula is C30H47N3. The van der Waals surface area contributed by atoms with Gasteiger partial charge in [0.1, 0.15) is 0 Å². The molecule has 33 heavy (non-hydrogen) atoms. The predicted molar refractivity (Wildman–Crippen MR) is 145 cm³/mol. The Morgan fingerprint density at radius 3 is 1.39 bits per heavy atom. The van der Waals surface area contributed by atoms with E-state index in [1.54, 1.807) is 0 Å². The van der Waals surface area contributed by atoms with Crippen LogP contribution in [0.1, 0.15) is 110 Å². The molecule has 2 aromatic rings. The molecule has 3 nitrogen and oxygen atoms in total. The van der Waals surface area contributed by atoms with Gasteiger partial charge in [-0.3, -0.25) is 0 Å². The molecule has 0 aliphatic heterocycles. The molecule has 2 rings (SSSR count). The third kappa shape index (κ3) is 14.6. The summed E-state index contributed by atoms with van der Waals surface area (Å²) < 4.78 is 0. The first-order chi connectivity index (χ1) is 16.4. The third-order valence-corrected chi connectivity index (χ3v) is 6.26. The second kappa shape index (κ2) is 19.3. The number of unbranched alkanes of at least 4 members (excludes halogenated alkanes) is 15. The Morgan fingerprint density at radius 2 is 0.909 bits per heavy atom. The van der Waals surface area contributed by atoms with E-state index in [4.69, 9.17) is 0 Å². The summed E-state index contributed by atoms with van der Waals surface area (Å²) in [7, 11) is 0. The Hall–Kier alpha value is -2.16. The summed E-state index contributed by atoms with van der Waals surface area (Å²) in [5.41, 5.74) is 2.92. The minimum absolute atomic E-state index is 0.878. The molecule has 2 aromatic carbocycles. The highest BCUT2D eigenvalue weighted by Crippen LogP contribution is 2.20. The van der Waals surface area contributed by atoms with Crippen LogP contribution in [0.3, 0.4) is 0 Å². The van der Waals surface area contributed by atoms with E-state index in [9.17, 15) is 0 Å². The van der Waals surface area contributed by atoms with Gasteiger partial charge >= 0.3 is 0 Å². The number of hydrogen-bond donors (Lipinski definition) is 1. The number of nitrogens with zero attached hydrogens (tertiary/aromatic N) is 2. The molecule has 1 N–H and O–H groups in total. The van der Waals surface area contributed by atoms with Crippen LogP contribution in [0.5, 0.6) is 0 Å². The van der Waals surface area contributed by atoms with Gasteiger partial charge in [0.25, 0.3) is 0 Å². The maximum atomic E-state index is 4.30. The molecule has 0 heterocycles. The molecule has 0 aliphatic carbocycles. The van der Waals surface area contributed by atoms with Crippen molar-refractivity contribution < 1.29 is 0 Å². The molecule has 0 amide bonds. The Kier molecular flexibility index (Phi) is 15.9. The minimum atomic E-state index is 0.878. The number of anilines is 1. The van der Waals surface area contributed by atoms with Crippen molar-refractivity contribution in [2.75, 3.05) is 11.9 Å². The van der Waals surface area contributed by atoms with Gasteiger partial charge in [0.05, 0.1) is 11.4 Å². The molecule has 0 atom stereocenters. The first-order valence-corrected chi connectivity index (χ1v) is 13.7. The standard InChI is InChI=1S/C30H47N3/c1-2-3-4-5-6-7-8-9-10-11-12-13-14-15-16-20-27-31-28-23-25-30(26-24-28)33-32-29-21-18-17-19-22-29/h17-19,21-26,31H,2-16,20,27H2,1H3. The zero-order valence-electron chi connectivity index (χ0n) is 21.1. The molecule has 182 valence electrons. The zero-order valence-corrected chi connectivity index (χ0v) is 21.1. The van der Waals surface area contributed by atoms with E-state index in [-0.39, 0.29) is 0 Å². The lowest BCUT2D eigenvalue weighted by molar-refractivity contribution is 0.530. The first kappa shape index (κ1) is 27.1. The van der Waals surface area contributed by atoms with Gasteiger partial charge in [-0.25, -0.2) is 0 Å². The van der Waals surface area contributed by atoms with E-state index in [1.165, 1.54) is 103 Å². The molecule has 0 fully saturated rings. The lowest BCUT2D eigenvalue weighted by atomic mass is 10.0. The predicted octanol–water partition coefficient (Wildman–Crippen LogP) is 10.8. The second-order valence-corrected chi connectivity index (χ2v) is 9.31. The van der Waals surface area contributed by atoms with Crippen molar-refractivity contribution in [2.24, 2.45) is 10.2 Å². The van der Waals surface area contributed by atoms with Gasteiger partial charge in [0.15, 0.2) is 0 Å². The Bertz CT molecular complexity index is 709. The number of benzene rings is 2. The van der Waals surface area contributed by atoms with Crippen molar-refractivity contribution in [1.29, 1.82) is 0 Å². The highest BCUT2D eigenvalue weighted by Gasteiger charge is 1.96. The molecule has 0 unspecified atom stereocenters. The minimum Gasteiger partial charge on any atom is -0.385 e. The Balaban J connectivity index is 1.37. The van der Waals surface area contributed by atoms with E-state index >= 15 is 0 Å². The van der Waals surface area contributed by atoms with Crippen LogP contribution in [-0.4, -0.2) is 6.54 Å². The van der Waals surface area contributed by atoms with Gasteiger partial charge in [0.2, 0.25) is 0 Å². The molecule has 0 bridgehead atoms. The van der Waals surface area contributed by atoms with Gasteiger partial charge < -0.3 is 5.32 Å². The van der Waals surface area contributed by atoms with Crippen LogP contribution in [0.15, 0.2) is 64.8 Å². The van der Waals surface area contributed by atoms with Gasteiger partial charge in [0, 0.05) is 12.2 Å². The smallest absolute Gasteiger partial charge is 0.0858 e. The number of hydrogen-bond acceptors (Lipinski definition) is 3. The number of nitrogens with one attached hydrogen (secondary N) is 1. The van der Waals surface area contributed by atoms with Crippen molar-refractivity contribution in [1.82, 2.24) is 0 Å². The average Bonchev–Trinajstić information content (AvgIpc) is 2.86. The summed E-state index contributed by atoms with van der Waals surface area (Å²) >= 11 is 0. The molecule has 0 radical (unpaired) electrons. The molecular weight excluding hydrogens is 402 g/mol. The average molecular weight is 450 g/mol. The quantitative estimate of drug-likeness (QED) is 0.158. The summed E-state index contributed by atoms with van der Waals surface area (Å²) in [4.78, 5) is 0. The lowest BCUT2D eigenvalue weighted by Gasteiger charge is -2.07. The normalized spacial score (nSPS) is 11.3. The van der Waals surface area contributed by atoms with Gasteiger partial charge in [-0.05, 0) is 42.8 Å². The van der Waals surface area contributed by atoms with Crippen LogP contribution >= 0.6 is 0 Å². The molecule has 0 aliphatic rings. The van der Waals surface area contributed by atoms with E-state index < -0.39 is 0 Å². The zero-order chi connectivity index (χ0) is 23.2. The fraction of sp³-hybridized carbons (Fsp3) is 0.600. The highest BCUT2D eigenvalue weighted by atomic mass is 15.1. The maximum absolute atomic E-state index is 4.30. The van der Waals surface area contributed by atoms with Gasteiger partial charge in [-0.1, -0.05) is 121 Å². The van der Waals surface area contributed by atoms with E-state index in [2.05, 4.69) is 34.6 Å². The van der Waals surface area contributed by atoms with Crippen molar-refractivity contribution in [3.05, 3.63) is 54.6 Å². The summed E-state index contributed by atoms with van der Waals surface area (Å²) in [6, 6.07) is 18.1. The molecule has 0 saturated carbocycles. The topological polar surface area (TPSA) is 36.8 Å². The number of azo groups is 1. The first-order valence-electron chi connectivity index (χ1n) is 13.7. The van der Waals surface area contributed by atoms with Crippen LogP contribution < -0.4 is 5.32 Å². The third-order valence-electron chi connectivity index (χ3n) is 6.26. The summed E-state index contributed by atoms with van der Waals surface area (Å²) in [6.45, 7) is 3.34. The fourth-order valence-corrected chi connectivity index (χ4v) is 4.16. The SMILES string of the molecule is CCCCCCCCCCCCCCCCCCNc1ccc(N=Nc2ccccc2)cc1. The van der Waals surface area contributed by atoms with Crippen molar-refractivity contribution >= 4 is 17.1 Å². The van der Waals surface area contributed by atoms with Crippen LogP contribution in [0, 0.1) is 0 Å². The van der Waals surface area contributed by atoms with Crippen LogP contribution in [-0.2, 0) is 0 Å². The van der Waals surface area contributed by atoms with E-state index in [1.807, 2.05) is 42.5 Å².